The summed E-state index contributed by atoms with van der Waals surface area (Å²) < 4.78 is 4.91. The number of thioether (sulfide) groups is 1. The van der Waals surface area contributed by atoms with E-state index in [-0.39, 0.29) is 29.9 Å². The lowest BCUT2D eigenvalue weighted by Gasteiger charge is -2.17. The van der Waals surface area contributed by atoms with Gasteiger partial charge in [-0.05, 0) is 45.8 Å². The van der Waals surface area contributed by atoms with Crippen LogP contribution in [0.15, 0.2) is 4.99 Å². The quantitative estimate of drug-likeness (QED) is 0.199. The third kappa shape index (κ3) is 9.07. The molecule has 2 unspecified atom stereocenters. The minimum absolute atomic E-state index is 0. The molecule has 130 valence electrons. The number of carbonyl (C=O) groups is 1. The average Bonchev–Trinajstić information content (AvgIpc) is 2.91. The van der Waals surface area contributed by atoms with Gasteiger partial charge in [-0.1, -0.05) is 0 Å². The van der Waals surface area contributed by atoms with Gasteiger partial charge in [-0.15, -0.1) is 24.0 Å². The van der Waals surface area contributed by atoms with E-state index in [2.05, 4.69) is 28.8 Å². The molecule has 1 aliphatic carbocycles. The van der Waals surface area contributed by atoms with Gasteiger partial charge in [-0.25, -0.2) is 0 Å². The van der Waals surface area contributed by atoms with Gasteiger partial charge in [0, 0.05) is 30.8 Å². The average molecular weight is 443 g/mol. The summed E-state index contributed by atoms with van der Waals surface area (Å²) in [5.41, 5.74) is 0. The molecule has 0 aromatic rings. The SMILES string of the molecule is CCNC(=NCCCC(=O)OCC)NC1CCC(SC)C1.I. The summed E-state index contributed by atoms with van der Waals surface area (Å²) in [6.07, 6.45) is 7.04. The lowest BCUT2D eigenvalue weighted by molar-refractivity contribution is -0.143. The zero-order valence-electron chi connectivity index (χ0n) is 13.9. The maximum absolute atomic E-state index is 11.3. The van der Waals surface area contributed by atoms with Crippen LogP contribution >= 0.6 is 35.7 Å². The van der Waals surface area contributed by atoms with E-state index >= 15 is 0 Å². The highest BCUT2D eigenvalue weighted by atomic mass is 127. The maximum atomic E-state index is 11.3. The Labute approximate surface area is 155 Å². The van der Waals surface area contributed by atoms with Crippen molar-refractivity contribution >= 4 is 47.7 Å². The first kappa shape index (κ1) is 21.8. The fourth-order valence-corrected chi connectivity index (χ4v) is 3.24. The fraction of sp³-hybridized carbons (Fsp3) is 0.867. The first-order valence-electron chi connectivity index (χ1n) is 7.92. The first-order chi connectivity index (χ1) is 10.2. The normalized spacial score (nSPS) is 21.1. The van der Waals surface area contributed by atoms with Crippen molar-refractivity contribution in [1.82, 2.24) is 10.6 Å². The van der Waals surface area contributed by atoms with Crippen LogP contribution in [0.5, 0.6) is 0 Å². The second-order valence-electron chi connectivity index (χ2n) is 5.18. The van der Waals surface area contributed by atoms with Crippen molar-refractivity contribution in [3.8, 4) is 0 Å². The number of hydrogen-bond donors (Lipinski definition) is 2. The summed E-state index contributed by atoms with van der Waals surface area (Å²) in [5.74, 6) is 0.734. The molecular formula is C15H30IN3O2S. The molecule has 1 fully saturated rings. The molecule has 0 spiro atoms. The Morgan fingerprint density at radius 2 is 2.14 bits per heavy atom. The van der Waals surface area contributed by atoms with Gasteiger partial charge in [0.15, 0.2) is 5.96 Å². The van der Waals surface area contributed by atoms with Crippen molar-refractivity contribution in [2.75, 3.05) is 26.0 Å². The minimum Gasteiger partial charge on any atom is -0.466 e. The largest absolute Gasteiger partial charge is 0.466 e. The number of guanidine groups is 1. The van der Waals surface area contributed by atoms with E-state index in [1.165, 1.54) is 19.3 Å². The van der Waals surface area contributed by atoms with E-state index < -0.39 is 0 Å². The Morgan fingerprint density at radius 3 is 2.73 bits per heavy atom. The van der Waals surface area contributed by atoms with E-state index in [9.17, 15) is 4.79 Å². The lowest BCUT2D eigenvalue weighted by Crippen LogP contribution is -2.42. The van der Waals surface area contributed by atoms with Gasteiger partial charge in [0.05, 0.1) is 6.61 Å². The van der Waals surface area contributed by atoms with Gasteiger partial charge in [0.1, 0.15) is 0 Å². The number of halogens is 1. The molecule has 0 aromatic carbocycles. The monoisotopic (exact) mass is 443 g/mol. The smallest absolute Gasteiger partial charge is 0.305 e. The zero-order valence-corrected chi connectivity index (χ0v) is 17.0. The summed E-state index contributed by atoms with van der Waals surface area (Å²) in [6, 6.07) is 0.519. The number of aliphatic imine (C=N–C) groups is 1. The van der Waals surface area contributed by atoms with Crippen molar-refractivity contribution in [2.45, 2.75) is 57.2 Å². The Balaban J connectivity index is 0.00000441. The van der Waals surface area contributed by atoms with Crippen LogP contribution in [-0.2, 0) is 9.53 Å². The third-order valence-electron chi connectivity index (χ3n) is 3.52. The highest BCUT2D eigenvalue weighted by Gasteiger charge is 2.24. The number of esters is 1. The van der Waals surface area contributed by atoms with E-state index in [1.54, 1.807) is 0 Å². The number of ether oxygens (including phenoxy) is 1. The van der Waals surface area contributed by atoms with Crippen LogP contribution in [0.2, 0.25) is 0 Å². The van der Waals surface area contributed by atoms with Gasteiger partial charge in [0.2, 0.25) is 0 Å². The Morgan fingerprint density at radius 1 is 1.36 bits per heavy atom. The molecule has 1 rings (SSSR count). The van der Waals surface area contributed by atoms with Gasteiger partial charge >= 0.3 is 5.97 Å². The molecule has 2 atom stereocenters. The second kappa shape index (κ2) is 13.3. The molecule has 2 N–H and O–H groups in total. The van der Waals surface area contributed by atoms with E-state index in [0.29, 0.717) is 25.6 Å². The van der Waals surface area contributed by atoms with Crippen LogP contribution in [0.25, 0.3) is 0 Å². The van der Waals surface area contributed by atoms with Crippen molar-refractivity contribution in [2.24, 2.45) is 4.99 Å². The number of rotatable bonds is 8. The predicted molar refractivity (Wildman–Crippen MR) is 105 cm³/mol. The van der Waals surface area contributed by atoms with Crippen molar-refractivity contribution in [3.05, 3.63) is 0 Å². The summed E-state index contributed by atoms with van der Waals surface area (Å²) >= 11 is 1.95. The van der Waals surface area contributed by atoms with Crippen LogP contribution in [0, 0.1) is 0 Å². The summed E-state index contributed by atoms with van der Waals surface area (Å²) in [4.78, 5) is 15.8. The molecule has 0 aliphatic heterocycles. The van der Waals surface area contributed by atoms with Gasteiger partial charge in [-0.2, -0.15) is 11.8 Å². The van der Waals surface area contributed by atoms with Gasteiger partial charge in [-0.3, -0.25) is 9.79 Å². The summed E-state index contributed by atoms with van der Waals surface area (Å²) in [6.45, 7) is 5.83. The van der Waals surface area contributed by atoms with E-state index in [4.69, 9.17) is 4.74 Å². The molecule has 7 heteroatoms. The van der Waals surface area contributed by atoms with Crippen LogP contribution in [0.4, 0.5) is 0 Å². The Bertz CT molecular complexity index is 343. The van der Waals surface area contributed by atoms with Gasteiger partial charge in [0.25, 0.3) is 0 Å². The Hall–Kier alpha value is -0.180. The molecule has 0 aromatic heterocycles. The first-order valence-corrected chi connectivity index (χ1v) is 9.21. The van der Waals surface area contributed by atoms with Crippen LogP contribution < -0.4 is 10.6 Å². The maximum Gasteiger partial charge on any atom is 0.305 e. The van der Waals surface area contributed by atoms with Gasteiger partial charge < -0.3 is 15.4 Å². The van der Waals surface area contributed by atoms with Crippen molar-refractivity contribution in [1.29, 1.82) is 0 Å². The Kier molecular flexibility index (Phi) is 13.2. The molecule has 1 aliphatic rings. The highest BCUT2D eigenvalue weighted by molar-refractivity contribution is 14.0. The third-order valence-corrected chi connectivity index (χ3v) is 4.61. The fourth-order valence-electron chi connectivity index (χ4n) is 2.45. The molecule has 0 saturated heterocycles. The lowest BCUT2D eigenvalue weighted by atomic mass is 10.2. The minimum atomic E-state index is -0.135. The molecule has 22 heavy (non-hydrogen) atoms. The standard InChI is InChI=1S/C15H29N3O2S.HI/c1-4-16-15(17-10-6-7-14(19)20-5-2)18-12-8-9-13(11-12)21-3;/h12-13H,4-11H2,1-3H3,(H2,16,17,18);1H. The number of nitrogens with one attached hydrogen (secondary N) is 2. The molecule has 5 nitrogen and oxygen atoms in total. The van der Waals surface area contributed by atoms with Crippen LogP contribution in [0.1, 0.15) is 46.0 Å². The topological polar surface area (TPSA) is 62.7 Å². The predicted octanol–water partition coefficient (Wildman–Crippen LogP) is 2.79. The van der Waals surface area contributed by atoms with Crippen molar-refractivity contribution < 1.29 is 9.53 Å². The molecule has 1 saturated carbocycles. The molecule has 0 bridgehead atoms. The zero-order chi connectivity index (χ0) is 15.5. The van der Waals surface area contributed by atoms with Crippen LogP contribution in [-0.4, -0.2) is 49.2 Å². The summed E-state index contributed by atoms with van der Waals surface area (Å²) in [7, 11) is 0. The highest BCUT2D eigenvalue weighted by Crippen LogP contribution is 2.27. The summed E-state index contributed by atoms with van der Waals surface area (Å²) in [5, 5.41) is 7.55. The van der Waals surface area contributed by atoms with Crippen LogP contribution in [0.3, 0.4) is 0 Å². The molecular weight excluding hydrogens is 413 g/mol. The van der Waals surface area contributed by atoms with E-state index in [0.717, 1.165) is 24.2 Å². The second-order valence-corrected chi connectivity index (χ2v) is 6.32. The molecule has 0 radical (unpaired) electrons. The van der Waals surface area contributed by atoms with Crippen molar-refractivity contribution in [3.63, 3.8) is 0 Å². The molecule has 0 heterocycles. The number of nitrogens with zero attached hydrogens (tertiary/aromatic N) is 1. The molecule has 0 amide bonds. The van der Waals surface area contributed by atoms with E-state index in [1.807, 2.05) is 18.7 Å². The number of carbonyl (C=O) groups excluding carboxylic acids is 1. The number of hydrogen-bond acceptors (Lipinski definition) is 4.